The van der Waals surface area contributed by atoms with Crippen molar-refractivity contribution in [2.45, 2.75) is 20.0 Å². The minimum absolute atomic E-state index is 0.0296. The first-order valence-corrected chi connectivity index (χ1v) is 7.70. The van der Waals surface area contributed by atoms with E-state index in [9.17, 15) is 0 Å². The minimum atomic E-state index is 0.0296. The van der Waals surface area contributed by atoms with Gasteiger partial charge in [0.2, 0.25) is 0 Å². The molecule has 2 aromatic carbocycles. The molecule has 0 heterocycles. The third-order valence-corrected chi connectivity index (χ3v) is 3.44. The predicted molar refractivity (Wildman–Crippen MR) is 97.0 cm³/mol. The fraction of sp³-hybridized carbons (Fsp3) is 0.176. The van der Waals surface area contributed by atoms with Gasteiger partial charge in [0.05, 0.1) is 6.21 Å². The summed E-state index contributed by atoms with van der Waals surface area (Å²) in [6.07, 6.45) is 1.63. The first-order valence-electron chi connectivity index (χ1n) is 6.91. The molecular formula is C17H17ClN2OS. The van der Waals surface area contributed by atoms with E-state index >= 15 is 0 Å². The minimum Gasteiger partial charge on any atom is -0.393 e. The number of benzene rings is 2. The smallest absolute Gasteiger partial charge is 0.122 e. The van der Waals surface area contributed by atoms with Crippen molar-refractivity contribution in [2.75, 3.05) is 5.32 Å². The molecule has 0 saturated carbocycles. The first-order chi connectivity index (χ1) is 10.6. The summed E-state index contributed by atoms with van der Waals surface area (Å²) in [6, 6.07) is 15.3. The lowest BCUT2D eigenvalue weighted by Crippen LogP contribution is -2.10. The molecule has 0 saturated heterocycles. The highest BCUT2D eigenvalue weighted by Crippen LogP contribution is 2.20. The number of oxime groups is 1. The first kappa shape index (κ1) is 16.5. The van der Waals surface area contributed by atoms with Crippen LogP contribution in [0.2, 0.25) is 5.02 Å². The molecule has 114 valence electrons. The number of anilines is 1. The Labute approximate surface area is 140 Å². The maximum atomic E-state index is 6.16. The van der Waals surface area contributed by atoms with Crippen LogP contribution in [0.1, 0.15) is 25.0 Å². The van der Waals surface area contributed by atoms with Crippen LogP contribution in [0.4, 0.5) is 5.69 Å². The van der Waals surface area contributed by atoms with Gasteiger partial charge in [-0.05, 0) is 32.0 Å². The van der Waals surface area contributed by atoms with Crippen molar-refractivity contribution in [3.05, 3.63) is 64.7 Å². The molecule has 0 unspecified atom stereocenters. The molecule has 2 aromatic rings. The fourth-order valence-electron chi connectivity index (χ4n) is 1.72. The molecule has 0 aliphatic heterocycles. The van der Waals surface area contributed by atoms with E-state index in [4.69, 9.17) is 28.7 Å². The van der Waals surface area contributed by atoms with Crippen LogP contribution in [0.5, 0.6) is 0 Å². The van der Waals surface area contributed by atoms with Gasteiger partial charge in [0, 0.05) is 21.8 Å². The molecule has 0 bridgehead atoms. The highest BCUT2D eigenvalue weighted by atomic mass is 35.5. The van der Waals surface area contributed by atoms with Gasteiger partial charge in [-0.15, -0.1) is 0 Å². The van der Waals surface area contributed by atoms with Gasteiger partial charge in [-0.2, -0.15) is 0 Å². The summed E-state index contributed by atoms with van der Waals surface area (Å²) in [6.45, 7) is 3.82. The summed E-state index contributed by atoms with van der Waals surface area (Å²) >= 11 is 11.6. The molecule has 0 atom stereocenters. The number of thiocarbonyl (C=S) groups is 1. The summed E-state index contributed by atoms with van der Waals surface area (Å²) in [5, 5.41) is 7.71. The van der Waals surface area contributed by atoms with Crippen molar-refractivity contribution in [1.82, 2.24) is 0 Å². The van der Waals surface area contributed by atoms with Gasteiger partial charge in [0.15, 0.2) is 0 Å². The van der Waals surface area contributed by atoms with Crippen LogP contribution in [0.25, 0.3) is 0 Å². The highest BCUT2D eigenvalue weighted by Gasteiger charge is 2.04. The van der Waals surface area contributed by atoms with Crippen LogP contribution in [0, 0.1) is 0 Å². The van der Waals surface area contributed by atoms with Gasteiger partial charge in [0.1, 0.15) is 11.1 Å². The molecule has 0 fully saturated rings. The van der Waals surface area contributed by atoms with E-state index in [1.165, 1.54) is 0 Å². The van der Waals surface area contributed by atoms with Gasteiger partial charge >= 0.3 is 0 Å². The molecule has 0 aliphatic carbocycles. The Hall–Kier alpha value is -1.91. The summed E-state index contributed by atoms with van der Waals surface area (Å²) in [5.41, 5.74) is 2.58. The summed E-state index contributed by atoms with van der Waals surface area (Å²) in [4.78, 5) is 5.81. The molecule has 0 amide bonds. The average Bonchev–Trinajstić information content (AvgIpc) is 2.51. The quantitative estimate of drug-likeness (QED) is 0.481. The summed E-state index contributed by atoms with van der Waals surface area (Å²) in [5.74, 6) is 0. The molecule has 22 heavy (non-hydrogen) atoms. The van der Waals surface area contributed by atoms with Crippen molar-refractivity contribution in [3.63, 3.8) is 0 Å². The van der Waals surface area contributed by atoms with Gasteiger partial charge in [-0.25, -0.2) is 0 Å². The lowest BCUT2D eigenvalue weighted by Gasteiger charge is -2.09. The number of hydrogen-bond acceptors (Lipinski definition) is 3. The number of rotatable bonds is 5. The van der Waals surface area contributed by atoms with E-state index in [0.717, 1.165) is 16.8 Å². The van der Waals surface area contributed by atoms with Crippen molar-refractivity contribution >= 4 is 40.7 Å². The second-order valence-corrected chi connectivity index (χ2v) is 5.76. The van der Waals surface area contributed by atoms with Crippen molar-refractivity contribution < 1.29 is 4.84 Å². The summed E-state index contributed by atoms with van der Waals surface area (Å²) in [7, 11) is 0. The van der Waals surface area contributed by atoms with Gasteiger partial charge < -0.3 is 10.2 Å². The second kappa shape index (κ2) is 7.92. The van der Waals surface area contributed by atoms with Crippen LogP contribution >= 0.6 is 23.8 Å². The molecular weight excluding hydrogens is 316 g/mol. The largest absolute Gasteiger partial charge is 0.393 e. The standard InChI is InChI=1S/C17H17ClN2OS/c1-12(2)21-19-11-14-10-15(8-9-16(14)18)20-17(22)13-6-4-3-5-7-13/h3-12H,1-2H3,(H,20,22)/b19-11+. The van der Waals surface area contributed by atoms with E-state index in [1.54, 1.807) is 12.3 Å². The SMILES string of the molecule is CC(C)O/N=C/c1cc(NC(=S)c2ccccc2)ccc1Cl. The number of nitrogens with zero attached hydrogens (tertiary/aromatic N) is 1. The van der Waals surface area contributed by atoms with Crippen LogP contribution in [-0.4, -0.2) is 17.3 Å². The second-order valence-electron chi connectivity index (χ2n) is 4.95. The highest BCUT2D eigenvalue weighted by molar-refractivity contribution is 7.81. The lowest BCUT2D eigenvalue weighted by atomic mass is 10.2. The Morgan fingerprint density at radius 2 is 1.95 bits per heavy atom. The zero-order valence-corrected chi connectivity index (χ0v) is 14.0. The third kappa shape index (κ3) is 4.83. The van der Waals surface area contributed by atoms with Crippen LogP contribution in [0.15, 0.2) is 53.7 Å². The molecule has 3 nitrogen and oxygen atoms in total. The monoisotopic (exact) mass is 332 g/mol. The molecule has 0 aliphatic rings. The number of halogens is 1. The Morgan fingerprint density at radius 1 is 1.23 bits per heavy atom. The van der Waals surface area contributed by atoms with E-state index < -0.39 is 0 Å². The Kier molecular flexibility index (Phi) is 5.92. The van der Waals surface area contributed by atoms with Crippen LogP contribution in [-0.2, 0) is 4.84 Å². The zero-order chi connectivity index (χ0) is 15.9. The molecule has 0 radical (unpaired) electrons. The molecule has 1 N–H and O–H groups in total. The van der Waals surface area contributed by atoms with Crippen LogP contribution < -0.4 is 5.32 Å². The van der Waals surface area contributed by atoms with Crippen LogP contribution in [0.3, 0.4) is 0 Å². The molecule has 0 aromatic heterocycles. The molecule has 0 spiro atoms. The maximum Gasteiger partial charge on any atom is 0.122 e. The maximum absolute atomic E-state index is 6.16. The van der Waals surface area contributed by atoms with Gasteiger partial charge in [0.25, 0.3) is 0 Å². The van der Waals surface area contributed by atoms with E-state index in [1.807, 2.05) is 56.3 Å². The van der Waals surface area contributed by atoms with Crippen molar-refractivity contribution in [3.8, 4) is 0 Å². The zero-order valence-electron chi connectivity index (χ0n) is 12.4. The normalized spacial score (nSPS) is 10.9. The van der Waals surface area contributed by atoms with E-state index in [2.05, 4.69) is 10.5 Å². The molecule has 5 heteroatoms. The predicted octanol–water partition coefficient (Wildman–Crippen LogP) is 4.89. The van der Waals surface area contributed by atoms with E-state index in [0.29, 0.717) is 10.0 Å². The summed E-state index contributed by atoms with van der Waals surface area (Å²) < 4.78 is 0. The fourth-order valence-corrected chi connectivity index (χ4v) is 2.14. The molecule has 2 rings (SSSR count). The Balaban J connectivity index is 2.12. The topological polar surface area (TPSA) is 33.6 Å². The number of hydrogen-bond donors (Lipinski definition) is 1. The lowest BCUT2D eigenvalue weighted by molar-refractivity contribution is 0.0874. The van der Waals surface area contributed by atoms with Gasteiger partial charge in [-0.3, -0.25) is 0 Å². The van der Waals surface area contributed by atoms with Gasteiger partial charge in [-0.1, -0.05) is 59.3 Å². The Bertz CT molecular complexity index is 672. The number of nitrogens with one attached hydrogen (secondary N) is 1. The van der Waals surface area contributed by atoms with E-state index in [-0.39, 0.29) is 6.10 Å². The van der Waals surface area contributed by atoms with Crippen molar-refractivity contribution in [1.29, 1.82) is 0 Å². The van der Waals surface area contributed by atoms with Crippen molar-refractivity contribution in [2.24, 2.45) is 5.16 Å². The Morgan fingerprint density at radius 3 is 2.64 bits per heavy atom. The average molecular weight is 333 g/mol. The third-order valence-electron chi connectivity index (χ3n) is 2.75.